The van der Waals surface area contributed by atoms with Crippen LogP contribution in [0, 0.1) is 5.92 Å². The van der Waals surface area contributed by atoms with E-state index in [4.69, 9.17) is 16.3 Å². The molecule has 0 spiro atoms. The van der Waals surface area contributed by atoms with Gasteiger partial charge >= 0.3 is 6.18 Å². The molecule has 2 aromatic rings. The molecule has 6 nitrogen and oxygen atoms in total. The Morgan fingerprint density at radius 2 is 1.87 bits per heavy atom. The van der Waals surface area contributed by atoms with Crippen LogP contribution in [0.5, 0.6) is 5.75 Å². The Morgan fingerprint density at radius 3 is 2.48 bits per heavy atom. The van der Waals surface area contributed by atoms with Crippen LogP contribution in [0.1, 0.15) is 18.4 Å². The third-order valence-electron chi connectivity index (χ3n) is 4.99. The number of hydrogen-bond donors (Lipinski definition) is 1. The Hall–Kier alpha value is -2.30. The summed E-state index contributed by atoms with van der Waals surface area (Å²) >= 11 is 5.60. The van der Waals surface area contributed by atoms with Crippen molar-refractivity contribution in [2.45, 2.75) is 23.9 Å². The Morgan fingerprint density at radius 1 is 1.19 bits per heavy atom. The van der Waals surface area contributed by atoms with E-state index in [9.17, 15) is 26.4 Å². The number of ether oxygens (including phenoxy) is 1. The highest BCUT2D eigenvalue weighted by Crippen LogP contribution is 2.36. The van der Waals surface area contributed by atoms with Crippen molar-refractivity contribution in [3.63, 3.8) is 0 Å². The van der Waals surface area contributed by atoms with Gasteiger partial charge in [-0.3, -0.25) is 4.79 Å². The lowest BCUT2D eigenvalue weighted by molar-refractivity contribution is -0.137. The van der Waals surface area contributed by atoms with Crippen molar-refractivity contribution in [1.29, 1.82) is 0 Å². The predicted octanol–water partition coefficient (Wildman–Crippen LogP) is 4.41. The summed E-state index contributed by atoms with van der Waals surface area (Å²) in [7, 11) is -2.36. The van der Waals surface area contributed by atoms with Crippen LogP contribution in [0.3, 0.4) is 0 Å². The largest absolute Gasteiger partial charge is 0.497 e. The highest BCUT2D eigenvalue weighted by atomic mass is 35.5. The minimum Gasteiger partial charge on any atom is -0.497 e. The zero-order valence-electron chi connectivity index (χ0n) is 16.4. The first kappa shape index (κ1) is 23.4. The van der Waals surface area contributed by atoms with Crippen LogP contribution >= 0.6 is 11.6 Å². The molecule has 0 aliphatic carbocycles. The van der Waals surface area contributed by atoms with E-state index in [2.05, 4.69) is 5.32 Å². The average molecular weight is 477 g/mol. The molecule has 1 heterocycles. The highest BCUT2D eigenvalue weighted by molar-refractivity contribution is 7.89. The van der Waals surface area contributed by atoms with Gasteiger partial charge in [-0.1, -0.05) is 11.6 Å². The number of rotatable bonds is 5. The average Bonchev–Trinajstić information content (AvgIpc) is 2.74. The zero-order valence-corrected chi connectivity index (χ0v) is 18.0. The highest BCUT2D eigenvalue weighted by Gasteiger charge is 2.35. The lowest BCUT2D eigenvalue weighted by Crippen LogP contribution is -2.43. The minimum absolute atomic E-state index is 0.0585. The third kappa shape index (κ3) is 5.31. The maximum Gasteiger partial charge on any atom is 0.417 e. The Kier molecular flexibility index (Phi) is 6.82. The predicted molar refractivity (Wildman–Crippen MR) is 110 cm³/mol. The summed E-state index contributed by atoms with van der Waals surface area (Å²) in [6, 6.07) is 8.98. The number of hydrogen-bond acceptors (Lipinski definition) is 4. The molecule has 1 amide bonds. The number of carbonyl (C=O) groups is 1. The number of nitrogens with zero attached hydrogens (tertiary/aromatic N) is 1. The maximum atomic E-state index is 13.0. The van der Waals surface area contributed by atoms with Gasteiger partial charge < -0.3 is 10.1 Å². The van der Waals surface area contributed by atoms with Crippen molar-refractivity contribution in [1.82, 2.24) is 4.31 Å². The van der Waals surface area contributed by atoms with Gasteiger partial charge in [-0.15, -0.1) is 0 Å². The fourth-order valence-corrected chi connectivity index (χ4v) is 5.08. The summed E-state index contributed by atoms with van der Waals surface area (Å²) in [5.74, 6) is -0.743. The molecule has 1 fully saturated rings. The van der Waals surface area contributed by atoms with Gasteiger partial charge in [0, 0.05) is 18.8 Å². The number of sulfonamides is 1. The number of amides is 1. The second-order valence-electron chi connectivity index (χ2n) is 7.06. The van der Waals surface area contributed by atoms with Crippen molar-refractivity contribution >= 4 is 33.2 Å². The molecule has 1 aliphatic rings. The fourth-order valence-electron chi connectivity index (χ4n) is 3.34. The molecule has 0 bridgehead atoms. The van der Waals surface area contributed by atoms with Crippen molar-refractivity contribution in [2.24, 2.45) is 5.92 Å². The van der Waals surface area contributed by atoms with Gasteiger partial charge in [0.2, 0.25) is 15.9 Å². The number of piperidine rings is 1. The van der Waals surface area contributed by atoms with Crippen LogP contribution < -0.4 is 10.1 Å². The summed E-state index contributed by atoms with van der Waals surface area (Å²) in [4.78, 5) is 12.7. The Balaban J connectivity index is 1.73. The lowest BCUT2D eigenvalue weighted by atomic mass is 9.98. The molecule has 3 rings (SSSR count). The first-order valence-electron chi connectivity index (χ1n) is 9.34. The van der Waals surface area contributed by atoms with E-state index in [0.717, 1.165) is 12.1 Å². The van der Waals surface area contributed by atoms with E-state index in [1.807, 2.05) is 0 Å². The van der Waals surface area contributed by atoms with E-state index in [1.165, 1.54) is 41.7 Å². The number of methoxy groups -OCH3 is 1. The number of benzene rings is 2. The van der Waals surface area contributed by atoms with Crippen molar-refractivity contribution in [3.8, 4) is 5.75 Å². The molecule has 0 aromatic heterocycles. The summed E-state index contributed by atoms with van der Waals surface area (Å²) in [5.41, 5.74) is -1.11. The second kappa shape index (κ2) is 9.05. The van der Waals surface area contributed by atoms with E-state index in [0.29, 0.717) is 18.6 Å². The molecule has 168 valence electrons. The van der Waals surface area contributed by atoms with Crippen LogP contribution in [-0.4, -0.2) is 38.8 Å². The summed E-state index contributed by atoms with van der Waals surface area (Å²) < 4.78 is 71.2. The third-order valence-corrected chi connectivity index (χ3v) is 7.20. The Labute approximate surface area is 183 Å². The molecule has 0 unspecified atom stereocenters. The van der Waals surface area contributed by atoms with Gasteiger partial charge in [0.1, 0.15) is 5.75 Å². The van der Waals surface area contributed by atoms with Crippen LogP contribution in [0.15, 0.2) is 47.4 Å². The quantitative estimate of drug-likeness (QED) is 0.693. The number of anilines is 1. The van der Waals surface area contributed by atoms with E-state index < -0.39 is 38.6 Å². The summed E-state index contributed by atoms with van der Waals surface area (Å²) in [5, 5.41) is 1.97. The molecule has 0 saturated carbocycles. The first-order chi connectivity index (χ1) is 14.5. The molecule has 1 N–H and O–H groups in total. The maximum absolute atomic E-state index is 13.0. The minimum atomic E-state index is -4.66. The molecule has 2 aromatic carbocycles. The normalized spacial score (nSPS) is 17.9. The summed E-state index contributed by atoms with van der Waals surface area (Å²) in [6.07, 6.45) is -3.80. The number of halogens is 4. The Bertz CT molecular complexity index is 1060. The molecule has 1 aliphatic heterocycles. The SMILES string of the molecule is COc1ccc(S(=O)(=O)N2CCC[C@H](C(=O)Nc3ccc(Cl)c(C(F)(F)F)c3)C2)cc1. The molecular formula is C20H20ClF3N2O4S. The zero-order chi connectivity index (χ0) is 22.8. The first-order valence-corrected chi connectivity index (χ1v) is 11.2. The smallest absolute Gasteiger partial charge is 0.417 e. The summed E-state index contributed by atoms with van der Waals surface area (Å²) in [6.45, 7) is 0.178. The fraction of sp³-hybridized carbons (Fsp3) is 0.350. The van der Waals surface area contributed by atoms with Crippen LogP contribution in [0.4, 0.5) is 18.9 Å². The number of carbonyl (C=O) groups excluding carboxylic acids is 1. The topological polar surface area (TPSA) is 75.7 Å². The molecule has 11 heteroatoms. The van der Waals surface area contributed by atoms with E-state index >= 15 is 0 Å². The molecule has 1 saturated heterocycles. The van der Waals surface area contributed by atoms with Gasteiger partial charge in [-0.25, -0.2) is 8.42 Å². The molecule has 1 atom stereocenters. The second-order valence-corrected chi connectivity index (χ2v) is 9.40. The monoisotopic (exact) mass is 476 g/mol. The standard InChI is InChI=1S/C20H20ClF3N2O4S/c1-30-15-5-7-16(8-6-15)31(28,29)26-10-2-3-13(12-26)19(27)25-14-4-9-18(21)17(11-14)20(22,23)24/h4-9,11,13H,2-3,10,12H2,1H3,(H,25,27)/t13-/m0/s1. The van der Waals surface area contributed by atoms with Gasteiger partial charge in [0.25, 0.3) is 0 Å². The number of nitrogens with one attached hydrogen (secondary N) is 1. The molecule has 31 heavy (non-hydrogen) atoms. The van der Waals surface area contributed by atoms with E-state index in [-0.39, 0.29) is 23.7 Å². The molecule has 0 radical (unpaired) electrons. The van der Waals surface area contributed by atoms with Gasteiger partial charge in [-0.2, -0.15) is 17.5 Å². The lowest BCUT2D eigenvalue weighted by Gasteiger charge is -2.31. The van der Waals surface area contributed by atoms with E-state index in [1.54, 1.807) is 0 Å². The van der Waals surface area contributed by atoms with Crippen LogP contribution in [-0.2, 0) is 21.0 Å². The van der Waals surface area contributed by atoms with Gasteiger partial charge in [0.15, 0.2) is 0 Å². The van der Waals surface area contributed by atoms with Crippen LogP contribution in [0.2, 0.25) is 5.02 Å². The van der Waals surface area contributed by atoms with Crippen molar-refractivity contribution in [3.05, 3.63) is 53.1 Å². The van der Waals surface area contributed by atoms with Crippen molar-refractivity contribution in [2.75, 3.05) is 25.5 Å². The van der Waals surface area contributed by atoms with Gasteiger partial charge in [0.05, 0.1) is 28.5 Å². The van der Waals surface area contributed by atoms with Crippen molar-refractivity contribution < 1.29 is 31.1 Å². The van der Waals surface area contributed by atoms with Gasteiger partial charge in [-0.05, 0) is 55.3 Å². The number of alkyl halides is 3. The van der Waals surface area contributed by atoms with Crippen LogP contribution in [0.25, 0.3) is 0 Å². The molecular weight excluding hydrogens is 457 g/mol.